The molecule has 76 valence electrons. The zero-order chi connectivity index (χ0) is 10.5. The molecule has 0 amide bonds. The van der Waals surface area contributed by atoms with E-state index in [1.165, 1.54) is 0 Å². The number of esters is 1. The van der Waals surface area contributed by atoms with Crippen LogP contribution in [0.3, 0.4) is 0 Å². The Morgan fingerprint density at radius 1 is 1.54 bits per heavy atom. The summed E-state index contributed by atoms with van der Waals surface area (Å²) in [5.74, 6) is -0.451. The van der Waals surface area contributed by atoms with Crippen molar-refractivity contribution in [2.45, 2.75) is 32.9 Å². The van der Waals surface area contributed by atoms with Crippen molar-refractivity contribution in [1.82, 2.24) is 0 Å². The highest BCUT2D eigenvalue weighted by Gasteiger charge is 2.28. The molecule has 0 aromatic carbocycles. The maximum absolute atomic E-state index is 11.2. The summed E-state index contributed by atoms with van der Waals surface area (Å²) in [7, 11) is -2.55. The van der Waals surface area contributed by atoms with Gasteiger partial charge in [0.15, 0.2) is 0 Å². The molecule has 0 aromatic rings. The molecule has 4 heteroatoms. The Kier molecular flexibility index (Phi) is 4.94. The number of rotatable bonds is 5. The molecular formula is C9H18O3Si. The first-order chi connectivity index (χ1) is 5.89. The van der Waals surface area contributed by atoms with Crippen LogP contribution in [0.4, 0.5) is 0 Å². The summed E-state index contributed by atoms with van der Waals surface area (Å²) >= 11 is 0. The molecule has 0 aromatic heterocycles. The Bertz CT molecular complexity index is 194. The zero-order valence-corrected chi connectivity index (χ0v) is 9.59. The van der Waals surface area contributed by atoms with Crippen LogP contribution >= 0.6 is 0 Å². The third-order valence-corrected chi connectivity index (χ3v) is 3.40. The predicted molar refractivity (Wildman–Crippen MR) is 54.7 cm³/mol. The summed E-state index contributed by atoms with van der Waals surface area (Å²) < 4.78 is 4.91. The Morgan fingerprint density at radius 2 is 2.08 bits per heavy atom. The molecule has 0 rings (SSSR count). The van der Waals surface area contributed by atoms with Gasteiger partial charge in [0, 0.05) is 5.20 Å². The minimum Gasteiger partial charge on any atom is -0.463 e. The molecule has 0 atom stereocenters. The summed E-state index contributed by atoms with van der Waals surface area (Å²) in [5.41, 5.74) is 0. The molecule has 0 saturated heterocycles. The number of carbonyl (C=O) groups is 1. The molecule has 0 radical (unpaired) electrons. The normalized spacial score (nSPS) is 11.1. The van der Waals surface area contributed by atoms with Gasteiger partial charge in [0.2, 0.25) is 8.32 Å². The van der Waals surface area contributed by atoms with Crippen LogP contribution in [0.1, 0.15) is 19.8 Å². The van der Waals surface area contributed by atoms with Gasteiger partial charge in [-0.15, -0.1) is 0 Å². The van der Waals surface area contributed by atoms with Crippen LogP contribution in [0.25, 0.3) is 0 Å². The Balaban J connectivity index is 3.92. The Hall–Kier alpha value is -0.613. The van der Waals surface area contributed by atoms with Crippen LogP contribution in [-0.2, 0) is 9.53 Å². The first-order valence-corrected chi connectivity index (χ1v) is 7.43. The molecule has 0 heterocycles. The fourth-order valence-electron chi connectivity index (χ4n) is 0.646. The van der Waals surface area contributed by atoms with E-state index in [0.717, 1.165) is 12.8 Å². The van der Waals surface area contributed by atoms with Gasteiger partial charge in [-0.1, -0.05) is 19.9 Å². The van der Waals surface area contributed by atoms with E-state index in [0.29, 0.717) is 6.61 Å². The van der Waals surface area contributed by atoms with Gasteiger partial charge in [-0.2, -0.15) is 0 Å². The highest BCUT2D eigenvalue weighted by atomic mass is 28.4. The number of ether oxygens (including phenoxy) is 1. The molecule has 0 aliphatic carbocycles. The third kappa shape index (κ3) is 4.85. The minimum absolute atomic E-state index is 0.239. The van der Waals surface area contributed by atoms with E-state index in [9.17, 15) is 9.59 Å². The van der Waals surface area contributed by atoms with E-state index in [1.54, 1.807) is 13.1 Å². The summed E-state index contributed by atoms with van der Waals surface area (Å²) in [6.07, 6.45) is 1.84. The molecule has 0 spiro atoms. The second-order valence-corrected chi connectivity index (χ2v) is 7.25. The average Bonchev–Trinajstić information content (AvgIpc) is 2.01. The monoisotopic (exact) mass is 202 g/mol. The topological polar surface area (TPSA) is 46.5 Å². The predicted octanol–water partition coefficient (Wildman–Crippen LogP) is 1.62. The van der Waals surface area contributed by atoms with E-state index in [2.05, 4.69) is 6.58 Å². The van der Waals surface area contributed by atoms with Gasteiger partial charge in [-0.05, 0) is 19.5 Å². The Labute approximate surface area is 80.5 Å². The van der Waals surface area contributed by atoms with Crippen LogP contribution < -0.4 is 0 Å². The van der Waals surface area contributed by atoms with Gasteiger partial charge in [-0.3, -0.25) is 0 Å². The van der Waals surface area contributed by atoms with Crippen molar-refractivity contribution in [3.8, 4) is 0 Å². The van der Waals surface area contributed by atoms with Crippen LogP contribution in [0.2, 0.25) is 13.1 Å². The smallest absolute Gasteiger partial charge is 0.331 e. The lowest BCUT2D eigenvalue weighted by molar-refractivity contribution is -0.138. The lowest BCUT2D eigenvalue weighted by atomic mass is 10.4. The van der Waals surface area contributed by atoms with Crippen molar-refractivity contribution < 1.29 is 14.3 Å². The molecule has 0 saturated carbocycles. The van der Waals surface area contributed by atoms with Crippen LogP contribution in [0.5, 0.6) is 0 Å². The van der Waals surface area contributed by atoms with E-state index in [4.69, 9.17) is 4.74 Å². The van der Waals surface area contributed by atoms with Gasteiger partial charge in [0.05, 0.1) is 6.61 Å². The molecule has 0 bridgehead atoms. The first kappa shape index (κ1) is 12.4. The summed E-state index contributed by atoms with van der Waals surface area (Å²) in [6.45, 7) is 9.28. The van der Waals surface area contributed by atoms with E-state index in [1.807, 2.05) is 6.92 Å². The molecule has 3 nitrogen and oxygen atoms in total. The van der Waals surface area contributed by atoms with Crippen LogP contribution in [-0.4, -0.2) is 25.7 Å². The second-order valence-electron chi connectivity index (χ2n) is 3.53. The van der Waals surface area contributed by atoms with Crippen molar-refractivity contribution in [2.24, 2.45) is 0 Å². The van der Waals surface area contributed by atoms with Crippen LogP contribution in [0.15, 0.2) is 11.8 Å². The van der Waals surface area contributed by atoms with Crippen molar-refractivity contribution >= 4 is 14.3 Å². The fraction of sp³-hybridized carbons (Fsp3) is 0.667. The second kappa shape index (κ2) is 5.19. The van der Waals surface area contributed by atoms with E-state index < -0.39 is 14.3 Å². The maximum Gasteiger partial charge on any atom is 0.331 e. The number of unbranched alkanes of at least 4 members (excludes halogenated alkanes) is 1. The molecule has 1 N–H and O–H groups in total. The third-order valence-electron chi connectivity index (χ3n) is 1.72. The summed E-state index contributed by atoms with van der Waals surface area (Å²) in [6, 6.07) is 0. The van der Waals surface area contributed by atoms with Crippen molar-refractivity contribution in [1.29, 1.82) is 0 Å². The van der Waals surface area contributed by atoms with Crippen molar-refractivity contribution in [3.05, 3.63) is 11.8 Å². The lowest BCUT2D eigenvalue weighted by Crippen LogP contribution is -2.33. The van der Waals surface area contributed by atoms with Gasteiger partial charge in [0.25, 0.3) is 0 Å². The van der Waals surface area contributed by atoms with Gasteiger partial charge >= 0.3 is 5.97 Å². The SMILES string of the molecule is C=C(C(=O)OCCCC)[Si](C)(C)O. The average molecular weight is 202 g/mol. The number of carbonyl (C=O) groups excluding carboxylic acids is 1. The van der Waals surface area contributed by atoms with E-state index in [-0.39, 0.29) is 5.20 Å². The summed E-state index contributed by atoms with van der Waals surface area (Å²) in [4.78, 5) is 20.8. The van der Waals surface area contributed by atoms with Gasteiger partial charge in [0.1, 0.15) is 0 Å². The van der Waals surface area contributed by atoms with Crippen molar-refractivity contribution in [2.75, 3.05) is 6.61 Å². The van der Waals surface area contributed by atoms with Crippen LogP contribution in [0, 0.1) is 0 Å². The molecule has 0 fully saturated rings. The molecule has 13 heavy (non-hydrogen) atoms. The fourth-order valence-corrected chi connectivity index (χ4v) is 1.22. The largest absolute Gasteiger partial charge is 0.463 e. The summed E-state index contributed by atoms with van der Waals surface area (Å²) in [5, 5.41) is 0.239. The highest BCUT2D eigenvalue weighted by Crippen LogP contribution is 2.10. The highest BCUT2D eigenvalue weighted by molar-refractivity contribution is 6.81. The zero-order valence-electron chi connectivity index (χ0n) is 8.59. The number of hydrogen-bond donors (Lipinski definition) is 1. The lowest BCUT2D eigenvalue weighted by Gasteiger charge is -2.15. The van der Waals surface area contributed by atoms with Crippen molar-refractivity contribution in [3.63, 3.8) is 0 Å². The standard InChI is InChI=1S/C9H18O3Si/c1-5-6-7-12-9(10)8(2)13(3,4)11/h11H,2,5-7H2,1,3-4H3. The molecular weight excluding hydrogens is 184 g/mol. The molecule has 0 unspecified atom stereocenters. The molecule has 0 aliphatic rings. The van der Waals surface area contributed by atoms with Gasteiger partial charge < -0.3 is 9.53 Å². The van der Waals surface area contributed by atoms with E-state index >= 15 is 0 Å². The number of hydrogen-bond acceptors (Lipinski definition) is 3. The minimum atomic E-state index is -2.55. The molecule has 0 aliphatic heterocycles. The maximum atomic E-state index is 11.2. The first-order valence-electron chi connectivity index (χ1n) is 4.48. The van der Waals surface area contributed by atoms with Gasteiger partial charge in [-0.25, -0.2) is 4.79 Å². The quantitative estimate of drug-likeness (QED) is 0.319. The Morgan fingerprint density at radius 3 is 2.46 bits per heavy atom.